The van der Waals surface area contributed by atoms with Crippen LogP contribution in [0, 0.1) is 5.82 Å². The Balaban J connectivity index is 2.26. The summed E-state index contributed by atoms with van der Waals surface area (Å²) in [5, 5.41) is 3.32. The summed E-state index contributed by atoms with van der Waals surface area (Å²) >= 11 is 0. The van der Waals surface area contributed by atoms with Crippen molar-refractivity contribution in [1.29, 1.82) is 0 Å². The molecule has 3 heteroatoms. The fourth-order valence-corrected chi connectivity index (χ4v) is 2.35. The van der Waals surface area contributed by atoms with Crippen molar-refractivity contribution < 1.29 is 4.39 Å². The van der Waals surface area contributed by atoms with Crippen LogP contribution in [-0.2, 0) is 5.54 Å². The SMILES string of the molecule is CC(C)(c1ccccc1F)N1CCNCC1. The van der Waals surface area contributed by atoms with E-state index in [0.29, 0.717) is 0 Å². The van der Waals surface area contributed by atoms with Gasteiger partial charge in [0.25, 0.3) is 0 Å². The summed E-state index contributed by atoms with van der Waals surface area (Å²) in [5.41, 5.74) is 0.560. The number of nitrogens with one attached hydrogen (secondary N) is 1. The Hall–Kier alpha value is -0.930. The van der Waals surface area contributed by atoms with Crippen molar-refractivity contribution in [3.8, 4) is 0 Å². The Morgan fingerprint density at radius 1 is 1.19 bits per heavy atom. The molecule has 1 aromatic carbocycles. The number of piperazine rings is 1. The average molecular weight is 222 g/mol. The molecule has 0 unspecified atom stereocenters. The molecular weight excluding hydrogens is 203 g/mol. The summed E-state index contributed by atoms with van der Waals surface area (Å²) in [6, 6.07) is 7.08. The molecule has 1 N–H and O–H groups in total. The molecule has 1 aliphatic heterocycles. The molecule has 2 rings (SSSR count). The maximum absolute atomic E-state index is 13.8. The maximum atomic E-state index is 13.8. The predicted molar refractivity (Wildman–Crippen MR) is 63.9 cm³/mol. The van der Waals surface area contributed by atoms with E-state index in [0.717, 1.165) is 31.7 Å². The van der Waals surface area contributed by atoms with E-state index < -0.39 is 0 Å². The highest BCUT2D eigenvalue weighted by Gasteiger charge is 2.31. The molecule has 0 spiro atoms. The molecule has 0 saturated carbocycles. The van der Waals surface area contributed by atoms with Crippen LogP contribution in [0.4, 0.5) is 4.39 Å². The van der Waals surface area contributed by atoms with E-state index in [4.69, 9.17) is 0 Å². The van der Waals surface area contributed by atoms with Crippen LogP contribution in [0.5, 0.6) is 0 Å². The molecule has 0 bridgehead atoms. The molecule has 0 atom stereocenters. The molecule has 1 aliphatic rings. The Morgan fingerprint density at radius 2 is 1.81 bits per heavy atom. The van der Waals surface area contributed by atoms with Gasteiger partial charge in [0, 0.05) is 37.3 Å². The molecule has 0 amide bonds. The van der Waals surface area contributed by atoms with E-state index in [1.54, 1.807) is 12.1 Å². The molecule has 0 aromatic heterocycles. The largest absolute Gasteiger partial charge is 0.314 e. The van der Waals surface area contributed by atoms with Crippen molar-refractivity contribution in [2.45, 2.75) is 19.4 Å². The summed E-state index contributed by atoms with van der Waals surface area (Å²) in [4.78, 5) is 2.34. The average Bonchev–Trinajstić information content (AvgIpc) is 2.30. The van der Waals surface area contributed by atoms with Crippen molar-refractivity contribution >= 4 is 0 Å². The summed E-state index contributed by atoms with van der Waals surface area (Å²) < 4.78 is 13.8. The van der Waals surface area contributed by atoms with Gasteiger partial charge in [-0.1, -0.05) is 18.2 Å². The first-order valence-corrected chi connectivity index (χ1v) is 5.83. The third kappa shape index (κ3) is 2.11. The fourth-order valence-electron chi connectivity index (χ4n) is 2.35. The van der Waals surface area contributed by atoms with E-state index >= 15 is 0 Å². The zero-order chi connectivity index (χ0) is 11.6. The minimum atomic E-state index is -0.229. The van der Waals surface area contributed by atoms with Crippen LogP contribution in [0.15, 0.2) is 24.3 Å². The van der Waals surface area contributed by atoms with Crippen LogP contribution in [-0.4, -0.2) is 31.1 Å². The van der Waals surface area contributed by atoms with Gasteiger partial charge >= 0.3 is 0 Å². The number of nitrogens with zero attached hydrogens (tertiary/aromatic N) is 1. The molecule has 1 saturated heterocycles. The van der Waals surface area contributed by atoms with Crippen molar-refractivity contribution in [1.82, 2.24) is 10.2 Å². The molecular formula is C13H19FN2. The predicted octanol–water partition coefficient (Wildman–Crippen LogP) is 1.97. The van der Waals surface area contributed by atoms with Crippen molar-refractivity contribution in [3.63, 3.8) is 0 Å². The van der Waals surface area contributed by atoms with Crippen LogP contribution in [0.25, 0.3) is 0 Å². The van der Waals surface area contributed by atoms with E-state index in [-0.39, 0.29) is 11.4 Å². The van der Waals surface area contributed by atoms with Gasteiger partial charge < -0.3 is 5.32 Å². The van der Waals surface area contributed by atoms with Crippen LogP contribution < -0.4 is 5.32 Å². The van der Waals surface area contributed by atoms with Gasteiger partial charge in [-0.05, 0) is 19.9 Å². The minimum Gasteiger partial charge on any atom is -0.314 e. The van der Waals surface area contributed by atoms with Gasteiger partial charge in [-0.25, -0.2) is 4.39 Å². The number of halogens is 1. The second kappa shape index (κ2) is 4.52. The quantitative estimate of drug-likeness (QED) is 0.823. The first kappa shape index (κ1) is 11.6. The number of benzene rings is 1. The number of rotatable bonds is 2. The second-order valence-corrected chi connectivity index (χ2v) is 4.78. The Kier molecular flexibility index (Phi) is 3.26. The Morgan fingerprint density at radius 3 is 2.44 bits per heavy atom. The lowest BCUT2D eigenvalue weighted by Gasteiger charge is -2.41. The molecule has 1 heterocycles. The third-order valence-corrected chi connectivity index (χ3v) is 3.44. The van der Waals surface area contributed by atoms with Crippen molar-refractivity contribution in [2.24, 2.45) is 0 Å². The van der Waals surface area contributed by atoms with Gasteiger partial charge in [-0.2, -0.15) is 0 Å². The molecule has 1 fully saturated rings. The summed E-state index contributed by atoms with van der Waals surface area (Å²) in [6.45, 7) is 8.10. The van der Waals surface area contributed by atoms with Crippen LogP contribution >= 0.6 is 0 Å². The maximum Gasteiger partial charge on any atom is 0.128 e. The van der Waals surface area contributed by atoms with Crippen LogP contribution in [0.1, 0.15) is 19.4 Å². The molecule has 1 aromatic rings. The lowest BCUT2D eigenvalue weighted by molar-refractivity contribution is 0.0992. The molecule has 0 aliphatic carbocycles. The van der Waals surface area contributed by atoms with Crippen molar-refractivity contribution in [2.75, 3.05) is 26.2 Å². The zero-order valence-corrected chi connectivity index (χ0v) is 9.96. The topological polar surface area (TPSA) is 15.3 Å². The van der Waals surface area contributed by atoms with Crippen LogP contribution in [0.3, 0.4) is 0 Å². The first-order chi connectivity index (χ1) is 7.62. The van der Waals surface area contributed by atoms with Gasteiger partial charge in [-0.15, -0.1) is 0 Å². The standard InChI is InChI=1S/C13H19FN2/c1-13(2,16-9-7-15-8-10-16)11-5-3-4-6-12(11)14/h3-6,15H,7-10H2,1-2H3. The monoisotopic (exact) mass is 222 g/mol. The summed E-state index contributed by atoms with van der Waals surface area (Å²) in [5.74, 6) is -0.106. The highest BCUT2D eigenvalue weighted by molar-refractivity contribution is 5.25. The smallest absolute Gasteiger partial charge is 0.128 e. The lowest BCUT2D eigenvalue weighted by atomic mass is 9.91. The van der Waals surface area contributed by atoms with Crippen LogP contribution in [0.2, 0.25) is 0 Å². The van der Waals surface area contributed by atoms with E-state index in [9.17, 15) is 4.39 Å². The molecule has 0 radical (unpaired) electrons. The first-order valence-electron chi connectivity index (χ1n) is 5.83. The van der Waals surface area contributed by atoms with Crippen molar-refractivity contribution in [3.05, 3.63) is 35.6 Å². The second-order valence-electron chi connectivity index (χ2n) is 4.78. The highest BCUT2D eigenvalue weighted by atomic mass is 19.1. The van der Waals surface area contributed by atoms with E-state index in [2.05, 4.69) is 24.1 Å². The lowest BCUT2D eigenvalue weighted by Crippen LogP contribution is -2.52. The number of hydrogen-bond donors (Lipinski definition) is 1. The number of hydrogen-bond acceptors (Lipinski definition) is 2. The Labute approximate surface area is 96.5 Å². The van der Waals surface area contributed by atoms with Gasteiger partial charge in [-0.3, -0.25) is 4.90 Å². The third-order valence-electron chi connectivity index (χ3n) is 3.44. The summed E-state index contributed by atoms with van der Waals surface area (Å²) in [6.07, 6.45) is 0. The zero-order valence-electron chi connectivity index (χ0n) is 9.96. The molecule has 16 heavy (non-hydrogen) atoms. The van der Waals surface area contributed by atoms with E-state index in [1.165, 1.54) is 0 Å². The highest BCUT2D eigenvalue weighted by Crippen LogP contribution is 2.29. The summed E-state index contributed by atoms with van der Waals surface area (Å²) in [7, 11) is 0. The fraction of sp³-hybridized carbons (Fsp3) is 0.538. The molecule has 88 valence electrons. The normalized spacial score (nSPS) is 18.7. The molecule has 2 nitrogen and oxygen atoms in total. The van der Waals surface area contributed by atoms with Gasteiger partial charge in [0.05, 0.1) is 0 Å². The van der Waals surface area contributed by atoms with E-state index in [1.807, 2.05) is 12.1 Å². The van der Waals surface area contributed by atoms with Gasteiger partial charge in [0.2, 0.25) is 0 Å². The Bertz CT molecular complexity index is 357. The minimum absolute atomic E-state index is 0.106. The van der Waals surface area contributed by atoms with Gasteiger partial charge in [0.15, 0.2) is 0 Å². The van der Waals surface area contributed by atoms with Gasteiger partial charge in [0.1, 0.15) is 5.82 Å².